The number of amides is 1. The highest BCUT2D eigenvalue weighted by atomic mass is 19.1. The molecule has 0 atom stereocenters. The van der Waals surface area contributed by atoms with Crippen molar-refractivity contribution in [2.24, 2.45) is 5.73 Å². The Morgan fingerprint density at radius 2 is 2.00 bits per heavy atom. The van der Waals surface area contributed by atoms with Crippen molar-refractivity contribution >= 4 is 5.91 Å². The number of benzene rings is 2. The van der Waals surface area contributed by atoms with Crippen LogP contribution in [0.15, 0.2) is 40.9 Å². The van der Waals surface area contributed by atoms with Crippen molar-refractivity contribution < 1.29 is 27.9 Å². The number of para-hydroxylation sites is 1. The third-order valence-electron chi connectivity index (χ3n) is 3.27. The monoisotopic (exact) mass is 347 g/mol. The molecule has 0 radical (unpaired) electrons. The number of phenols is 1. The van der Waals surface area contributed by atoms with Crippen LogP contribution in [0.1, 0.15) is 16.2 Å². The maximum absolute atomic E-state index is 14.0. The first-order valence-electron chi connectivity index (χ1n) is 6.99. The molecule has 3 N–H and O–H groups in total. The number of halogens is 2. The van der Waals surface area contributed by atoms with Gasteiger partial charge in [-0.15, -0.1) is 0 Å². The Morgan fingerprint density at radius 3 is 2.72 bits per heavy atom. The Kier molecular flexibility index (Phi) is 4.29. The fraction of sp³-hybridized carbons (Fsp3) is 0.0625. The molecule has 3 aromatic rings. The van der Waals surface area contributed by atoms with Crippen LogP contribution in [0.2, 0.25) is 0 Å². The first-order valence-corrected chi connectivity index (χ1v) is 6.99. The third-order valence-corrected chi connectivity index (χ3v) is 3.27. The van der Waals surface area contributed by atoms with Gasteiger partial charge >= 0.3 is 0 Å². The Bertz CT molecular complexity index is 943. The van der Waals surface area contributed by atoms with Gasteiger partial charge in [0.1, 0.15) is 17.1 Å². The molecular formula is C16H11F2N3O4. The molecule has 3 rings (SSSR count). The van der Waals surface area contributed by atoms with E-state index in [9.17, 15) is 18.7 Å². The number of nitrogens with zero attached hydrogens (tertiary/aromatic N) is 2. The van der Waals surface area contributed by atoms with E-state index in [1.807, 2.05) is 0 Å². The Balaban J connectivity index is 1.79. The van der Waals surface area contributed by atoms with Gasteiger partial charge in [-0.1, -0.05) is 17.3 Å². The topological polar surface area (TPSA) is 111 Å². The van der Waals surface area contributed by atoms with E-state index < -0.39 is 28.9 Å². The van der Waals surface area contributed by atoms with E-state index in [-0.39, 0.29) is 24.1 Å². The van der Waals surface area contributed by atoms with Crippen molar-refractivity contribution in [3.8, 4) is 22.9 Å². The summed E-state index contributed by atoms with van der Waals surface area (Å²) in [5.41, 5.74) is 4.39. The van der Waals surface area contributed by atoms with E-state index in [2.05, 4.69) is 10.1 Å². The molecule has 0 aliphatic carbocycles. The average Bonchev–Trinajstić information content (AvgIpc) is 3.03. The number of carbonyl (C=O) groups is 1. The van der Waals surface area contributed by atoms with E-state index in [0.29, 0.717) is 5.56 Å². The maximum atomic E-state index is 14.0. The summed E-state index contributed by atoms with van der Waals surface area (Å²) in [5, 5.41) is 13.4. The van der Waals surface area contributed by atoms with E-state index in [1.54, 1.807) is 18.2 Å². The molecule has 0 aliphatic rings. The second kappa shape index (κ2) is 6.56. The highest BCUT2D eigenvalue weighted by Crippen LogP contribution is 2.27. The van der Waals surface area contributed by atoms with Crippen molar-refractivity contribution in [3.63, 3.8) is 0 Å². The molecule has 1 aromatic heterocycles. The predicted octanol–water partition coefficient (Wildman–Crippen LogP) is 2.40. The van der Waals surface area contributed by atoms with Crippen molar-refractivity contribution in [2.45, 2.75) is 6.61 Å². The summed E-state index contributed by atoms with van der Waals surface area (Å²) in [7, 11) is 0. The van der Waals surface area contributed by atoms with Crippen molar-refractivity contribution in [1.29, 1.82) is 0 Å². The molecule has 0 saturated heterocycles. The lowest BCUT2D eigenvalue weighted by atomic mass is 10.1. The molecule has 0 bridgehead atoms. The van der Waals surface area contributed by atoms with Crippen LogP contribution in [0.5, 0.6) is 11.5 Å². The zero-order chi connectivity index (χ0) is 18.0. The zero-order valence-corrected chi connectivity index (χ0v) is 12.6. The number of carbonyl (C=O) groups excluding carboxylic acids is 1. The van der Waals surface area contributed by atoms with E-state index in [4.69, 9.17) is 15.0 Å². The van der Waals surface area contributed by atoms with Crippen molar-refractivity contribution in [1.82, 2.24) is 10.1 Å². The molecule has 1 amide bonds. The number of nitrogens with two attached hydrogens (primary N) is 1. The lowest BCUT2D eigenvalue weighted by Gasteiger charge is -2.07. The van der Waals surface area contributed by atoms with Crippen LogP contribution in [0.3, 0.4) is 0 Å². The van der Waals surface area contributed by atoms with Crippen LogP contribution >= 0.6 is 0 Å². The minimum absolute atomic E-state index is 0.0115. The van der Waals surface area contributed by atoms with Gasteiger partial charge in [0.05, 0.1) is 5.56 Å². The first kappa shape index (κ1) is 16.4. The third kappa shape index (κ3) is 3.25. The van der Waals surface area contributed by atoms with Crippen LogP contribution in [0, 0.1) is 11.6 Å². The summed E-state index contributed by atoms with van der Waals surface area (Å²) >= 11 is 0. The van der Waals surface area contributed by atoms with Gasteiger partial charge in [0.2, 0.25) is 5.82 Å². The molecule has 1 heterocycles. The van der Waals surface area contributed by atoms with Crippen LogP contribution in [-0.2, 0) is 6.61 Å². The lowest BCUT2D eigenvalue weighted by Crippen LogP contribution is -2.16. The van der Waals surface area contributed by atoms with Gasteiger partial charge in [0.25, 0.3) is 11.8 Å². The van der Waals surface area contributed by atoms with Gasteiger partial charge in [-0.05, 0) is 24.3 Å². The quantitative estimate of drug-likeness (QED) is 0.733. The van der Waals surface area contributed by atoms with E-state index in [0.717, 1.165) is 12.1 Å². The molecular weight excluding hydrogens is 336 g/mol. The number of hydrogen-bond acceptors (Lipinski definition) is 6. The molecule has 7 nitrogen and oxygen atoms in total. The van der Waals surface area contributed by atoms with Crippen molar-refractivity contribution in [2.75, 3.05) is 0 Å². The highest BCUT2D eigenvalue weighted by molar-refractivity contribution is 5.93. The summed E-state index contributed by atoms with van der Waals surface area (Å²) in [6.45, 7) is -0.332. The number of primary amides is 1. The highest BCUT2D eigenvalue weighted by Gasteiger charge is 2.20. The van der Waals surface area contributed by atoms with E-state index >= 15 is 0 Å². The molecule has 2 aromatic carbocycles. The molecule has 0 saturated carbocycles. The standard InChI is InChI=1S/C16H11F2N3O4/c17-9-5-6-11(14(18)13(9)15(19)23)24-7-12-20-16(21-25-12)8-3-1-2-4-10(8)22/h1-6,22H,7H2,(H2,19,23). The van der Waals surface area contributed by atoms with Crippen molar-refractivity contribution in [3.05, 3.63) is 59.5 Å². The summed E-state index contributed by atoms with van der Waals surface area (Å²) in [4.78, 5) is 15.1. The minimum atomic E-state index is -1.25. The molecule has 0 fully saturated rings. The Labute approximate surface area is 139 Å². The number of phenolic OH excluding ortho intramolecular Hbond substituents is 1. The number of aromatic nitrogens is 2. The first-order chi connectivity index (χ1) is 12.0. The van der Waals surface area contributed by atoms with E-state index in [1.165, 1.54) is 6.07 Å². The zero-order valence-electron chi connectivity index (χ0n) is 12.6. The smallest absolute Gasteiger partial charge is 0.264 e. The van der Waals surface area contributed by atoms with Crippen LogP contribution in [-0.4, -0.2) is 21.2 Å². The number of aromatic hydroxyl groups is 1. The fourth-order valence-corrected chi connectivity index (χ4v) is 2.10. The van der Waals surface area contributed by atoms with Gasteiger partial charge in [-0.25, -0.2) is 8.78 Å². The molecule has 25 heavy (non-hydrogen) atoms. The van der Waals surface area contributed by atoms with Gasteiger partial charge in [-0.3, -0.25) is 4.79 Å². The van der Waals surface area contributed by atoms with Crippen LogP contribution in [0.25, 0.3) is 11.4 Å². The second-order valence-corrected chi connectivity index (χ2v) is 4.92. The lowest BCUT2D eigenvalue weighted by molar-refractivity contribution is 0.0991. The van der Waals surface area contributed by atoms with Gasteiger partial charge in [0.15, 0.2) is 18.2 Å². The molecule has 128 valence electrons. The number of ether oxygens (including phenoxy) is 1. The largest absolute Gasteiger partial charge is 0.507 e. The number of rotatable bonds is 5. The molecule has 9 heteroatoms. The Morgan fingerprint density at radius 1 is 1.24 bits per heavy atom. The Hall–Kier alpha value is -3.49. The van der Waals surface area contributed by atoms with Gasteiger partial charge < -0.3 is 20.1 Å². The maximum Gasteiger partial charge on any atom is 0.264 e. The second-order valence-electron chi connectivity index (χ2n) is 4.92. The van der Waals surface area contributed by atoms with Gasteiger partial charge in [0, 0.05) is 0 Å². The molecule has 0 aliphatic heterocycles. The average molecular weight is 347 g/mol. The molecule has 0 spiro atoms. The van der Waals surface area contributed by atoms with Crippen LogP contribution < -0.4 is 10.5 Å². The SMILES string of the molecule is NC(=O)c1c(F)ccc(OCc2nc(-c3ccccc3O)no2)c1F. The summed E-state index contributed by atoms with van der Waals surface area (Å²) in [5.74, 6) is -3.87. The normalized spacial score (nSPS) is 10.6. The summed E-state index contributed by atoms with van der Waals surface area (Å²) in [6, 6.07) is 8.24. The minimum Gasteiger partial charge on any atom is -0.507 e. The summed E-state index contributed by atoms with van der Waals surface area (Å²) < 4.78 is 37.5. The van der Waals surface area contributed by atoms with Crippen LogP contribution in [0.4, 0.5) is 8.78 Å². The number of hydrogen-bond donors (Lipinski definition) is 2. The predicted molar refractivity (Wildman–Crippen MR) is 80.6 cm³/mol. The summed E-state index contributed by atoms with van der Waals surface area (Å²) in [6.07, 6.45) is 0. The fourth-order valence-electron chi connectivity index (χ4n) is 2.10. The molecule has 0 unspecified atom stereocenters. The van der Waals surface area contributed by atoms with Gasteiger partial charge in [-0.2, -0.15) is 4.98 Å².